The summed E-state index contributed by atoms with van der Waals surface area (Å²) >= 11 is 0. The standard InChI is InChI=1S/C16H20N4O2/c1-16(2,22)14-6-4-8-19(14)15(21)12-9-18-20(11-12)13-5-3-7-17-10-13/h3,5,7,9-11,14,22H,4,6,8H2,1-2H3. The number of pyridine rings is 1. The Kier molecular flexibility index (Phi) is 3.70. The molecular weight excluding hydrogens is 280 g/mol. The van der Waals surface area contributed by atoms with Crippen LogP contribution in [0.15, 0.2) is 36.9 Å². The van der Waals surface area contributed by atoms with E-state index >= 15 is 0 Å². The molecular formula is C16H20N4O2. The second-order valence-electron chi connectivity index (χ2n) is 6.20. The van der Waals surface area contributed by atoms with Gasteiger partial charge in [0.1, 0.15) is 0 Å². The number of rotatable bonds is 3. The Hall–Kier alpha value is -2.21. The quantitative estimate of drug-likeness (QED) is 0.935. The van der Waals surface area contributed by atoms with Crippen molar-refractivity contribution in [2.75, 3.05) is 6.54 Å². The van der Waals surface area contributed by atoms with Crippen molar-refractivity contribution in [3.8, 4) is 5.69 Å². The van der Waals surface area contributed by atoms with Gasteiger partial charge in [-0.15, -0.1) is 0 Å². The molecule has 2 aromatic rings. The highest BCUT2D eigenvalue weighted by Gasteiger charge is 2.39. The first-order valence-corrected chi connectivity index (χ1v) is 7.45. The van der Waals surface area contributed by atoms with Crippen LogP contribution in [-0.4, -0.2) is 48.9 Å². The second-order valence-corrected chi connectivity index (χ2v) is 6.20. The second kappa shape index (κ2) is 5.53. The summed E-state index contributed by atoms with van der Waals surface area (Å²) in [4.78, 5) is 18.5. The van der Waals surface area contributed by atoms with Gasteiger partial charge in [0.2, 0.25) is 0 Å². The molecule has 0 spiro atoms. The minimum absolute atomic E-state index is 0.0836. The summed E-state index contributed by atoms with van der Waals surface area (Å²) in [6, 6.07) is 3.55. The van der Waals surface area contributed by atoms with Crippen LogP contribution in [0.5, 0.6) is 0 Å². The zero-order valence-corrected chi connectivity index (χ0v) is 12.8. The fraction of sp³-hybridized carbons (Fsp3) is 0.438. The molecule has 1 aliphatic heterocycles. The van der Waals surface area contributed by atoms with Crippen LogP contribution >= 0.6 is 0 Å². The van der Waals surface area contributed by atoms with E-state index in [-0.39, 0.29) is 11.9 Å². The molecule has 0 aromatic carbocycles. The molecule has 116 valence electrons. The van der Waals surface area contributed by atoms with E-state index in [0.29, 0.717) is 12.1 Å². The molecule has 3 rings (SSSR count). The monoisotopic (exact) mass is 300 g/mol. The third-order valence-corrected chi connectivity index (χ3v) is 4.07. The van der Waals surface area contributed by atoms with Gasteiger partial charge in [-0.3, -0.25) is 9.78 Å². The van der Waals surface area contributed by atoms with Gasteiger partial charge in [-0.05, 0) is 38.8 Å². The lowest BCUT2D eigenvalue weighted by Crippen LogP contribution is -2.48. The zero-order valence-electron chi connectivity index (χ0n) is 12.8. The molecule has 1 aliphatic rings. The minimum Gasteiger partial charge on any atom is -0.388 e. The predicted molar refractivity (Wildman–Crippen MR) is 81.7 cm³/mol. The van der Waals surface area contributed by atoms with Crippen LogP contribution in [0.1, 0.15) is 37.0 Å². The molecule has 1 N–H and O–H groups in total. The Morgan fingerprint density at radius 1 is 1.41 bits per heavy atom. The van der Waals surface area contributed by atoms with E-state index in [1.54, 1.807) is 48.2 Å². The van der Waals surface area contributed by atoms with E-state index in [1.807, 2.05) is 12.1 Å². The lowest BCUT2D eigenvalue weighted by atomic mass is 9.96. The van der Waals surface area contributed by atoms with Crippen molar-refractivity contribution in [2.24, 2.45) is 0 Å². The summed E-state index contributed by atoms with van der Waals surface area (Å²) in [6.45, 7) is 4.18. The Morgan fingerprint density at radius 3 is 2.91 bits per heavy atom. The van der Waals surface area contributed by atoms with Gasteiger partial charge in [-0.2, -0.15) is 5.10 Å². The van der Waals surface area contributed by atoms with Crippen molar-refractivity contribution in [1.29, 1.82) is 0 Å². The van der Waals surface area contributed by atoms with Gasteiger partial charge in [0.05, 0.1) is 35.3 Å². The van der Waals surface area contributed by atoms with E-state index in [1.165, 1.54) is 0 Å². The first-order chi connectivity index (χ1) is 10.5. The van der Waals surface area contributed by atoms with Gasteiger partial charge in [0.25, 0.3) is 5.91 Å². The number of hydrogen-bond donors (Lipinski definition) is 1. The maximum Gasteiger partial charge on any atom is 0.257 e. The maximum absolute atomic E-state index is 12.7. The van der Waals surface area contributed by atoms with E-state index < -0.39 is 5.60 Å². The Labute approximate surface area is 129 Å². The summed E-state index contributed by atoms with van der Waals surface area (Å²) in [5.74, 6) is -0.0836. The van der Waals surface area contributed by atoms with Crippen molar-refractivity contribution >= 4 is 5.91 Å². The van der Waals surface area contributed by atoms with Crippen molar-refractivity contribution in [2.45, 2.75) is 38.3 Å². The maximum atomic E-state index is 12.7. The zero-order chi connectivity index (χ0) is 15.7. The fourth-order valence-electron chi connectivity index (χ4n) is 2.97. The predicted octanol–water partition coefficient (Wildman–Crippen LogP) is 1.64. The molecule has 1 amide bonds. The molecule has 0 saturated carbocycles. The van der Waals surface area contributed by atoms with E-state index in [4.69, 9.17) is 0 Å². The van der Waals surface area contributed by atoms with Crippen LogP contribution in [0, 0.1) is 0 Å². The van der Waals surface area contributed by atoms with Crippen LogP contribution in [0.2, 0.25) is 0 Å². The first-order valence-electron chi connectivity index (χ1n) is 7.45. The number of amides is 1. The largest absolute Gasteiger partial charge is 0.388 e. The van der Waals surface area contributed by atoms with Gasteiger partial charge in [-0.25, -0.2) is 4.68 Å². The van der Waals surface area contributed by atoms with Crippen molar-refractivity contribution in [3.63, 3.8) is 0 Å². The molecule has 2 aromatic heterocycles. The minimum atomic E-state index is -0.897. The van der Waals surface area contributed by atoms with Crippen LogP contribution < -0.4 is 0 Å². The number of hydrogen-bond acceptors (Lipinski definition) is 4. The summed E-state index contributed by atoms with van der Waals surface area (Å²) in [5.41, 5.74) is 0.438. The molecule has 6 nitrogen and oxygen atoms in total. The third-order valence-electron chi connectivity index (χ3n) is 4.07. The fourth-order valence-corrected chi connectivity index (χ4v) is 2.97. The summed E-state index contributed by atoms with van der Waals surface area (Å²) in [6.07, 6.45) is 8.39. The molecule has 0 aliphatic carbocycles. The normalized spacial score (nSPS) is 18.7. The molecule has 3 heterocycles. The lowest BCUT2D eigenvalue weighted by Gasteiger charge is -2.33. The lowest BCUT2D eigenvalue weighted by molar-refractivity contribution is 0.000334. The van der Waals surface area contributed by atoms with E-state index in [0.717, 1.165) is 18.5 Å². The number of aliphatic hydroxyl groups is 1. The third kappa shape index (κ3) is 2.74. The molecule has 1 atom stereocenters. The van der Waals surface area contributed by atoms with E-state index in [9.17, 15) is 9.90 Å². The number of carbonyl (C=O) groups excluding carboxylic acids is 1. The molecule has 1 fully saturated rings. The van der Waals surface area contributed by atoms with Crippen LogP contribution in [-0.2, 0) is 0 Å². The van der Waals surface area contributed by atoms with Gasteiger partial charge in [0.15, 0.2) is 0 Å². The average molecular weight is 300 g/mol. The summed E-state index contributed by atoms with van der Waals surface area (Å²) in [7, 11) is 0. The average Bonchev–Trinajstić information content (AvgIpc) is 3.16. The number of carbonyl (C=O) groups is 1. The van der Waals surface area contributed by atoms with Gasteiger partial charge in [0, 0.05) is 18.9 Å². The molecule has 1 unspecified atom stereocenters. The SMILES string of the molecule is CC(C)(O)C1CCCN1C(=O)c1cnn(-c2cccnc2)c1. The van der Waals surface area contributed by atoms with Crippen LogP contribution in [0.4, 0.5) is 0 Å². The molecule has 22 heavy (non-hydrogen) atoms. The molecule has 0 bridgehead atoms. The number of aromatic nitrogens is 3. The topological polar surface area (TPSA) is 71.2 Å². The Morgan fingerprint density at radius 2 is 2.23 bits per heavy atom. The van der Waals surface area contributed by atoms with Crippen molar-refractivity contribution in [3.05, 3.63) is 42.5 Å². The van der Waals surface area contributed by atoms with Crippen LogP contribution in [0.25, 0.3) is 5.69 Å². The van der Waals surface area contributed by atoms with Gasteiger partial charge < -0.3 is 10.0 Å². The first kappa shape index (κ1) is 14.7. The van der Waals surface area contributed by atoms with Gasteiger partial charge in [-0.1, -0.05) is 0 Å². The smallest absolute Gasteiger partial charge is 0.257 e. The van der Waals surface area contributed by atoms with Crippen molar-refractivity contribution in [1.82, 2.24) is 19.7 Å². The molecule has 1 saturated heterocycles. The highest BCUT2D eigenvalue weighted by atomic mass is 16.3. The number of likely N-dealkylation sites (tertiary alicyclic amines) is 1. The highest BCUT2D eigenvalue weighted by molar-refractivity contribution is 5.94. The molecule has 0 radical (unpaired) electrons. The van der Waals surface area contributed by atoms with Gasteiger partial charge >= 0.3 is 0 Å². The highest BCUT2D eigenvalue weighted by Crippen LogP contribution is 2.28. The van der Waals surface area contributed by atoms with Crippen molar-refractivity contribution < 1.29 is 9.90 Å². The Bertz CT molecular complexity index is 660. The molecule has 6 heteroatoms. The van der Waals surface area contributed by atoms with Crippen LogP contribution in [0.3, 0.4) is 0 Å². The summed E-state index contributed by atoms with van der Waals surface area (Å²) in [5, 5.41) is 14.5. The summed E-state index contributed by atoms with van der Waals surface area (Å²) < 4.78 is 1.63. The Balaban J connectivity index is 1.83. The number of nitrogens with zero attached hydrogens (tertiary/aromatic N) is 4. The van der Waals surface area contributed by atoms with E-state index in [2.05, 4.69) is 10.1 Å².